The molecule has 0 atom stereocenters. The molecule has 5 nitrogen and oxygen atoms in total. The Morgan fingerprint density at radius 2 is 2.16 bits per heavy atom. The molecule has 0 unspecified atom stereocenters. The van der Waals surface area contributed by atoms with Crippen LogP contribution in [0.2, 0.25) is 0 Å². The minimum atomic E-state index is -4.55. The Balaban J connectivity index is 3.12. The first-order valence-electron chi connectivity index (χ1n) is 5.42. The fraction of sp³-hybridized carbons (Fsp3) is 0.455. The second-order valence-electron chi connectivity index (χ2n) is 3.86. The van der Waals surface area contributed by atoms with Gasteiger partial charge in [-0.15, -0.1) is 0 Å². The second kappa shape index (κ2) is 5.77. The fourth-order valence-corrected chi connectivity index (χ4v) is 1.28. The van der Waals surface area contributed by atoms with E-state index in [2.05, 4.69) is 4.98 Å². The van der Waals surface area contributed by atoms with Gasteiger partial charge in [0.05, 0.1) is 6.61 Å². The Labute approximate surface area is 108 Å². The zero-order valence-corrected chi connectivity index (χ0v) is 10.7. The van der Waals surface area contributed by atoms with Crippen molar-refractivity contribution in [1.29, 1.82) is 0 Å². The summed E-state index contributed by atoms with van der Waals surface area (Å²) in [5.41, 5.74) is -1.11. The normalized spacial score (nSPS) is 12.4. The summed E-state index contributed by atoms with van der Waals surface area (Å²) in [6.07, 6.45) is -1.52. The van der Waals surface area contributed by atoms with Gasteiger partial charge < -0.3 is 9.64 Å². The van der Waals surface area contributed by atoms with Gasteiger partial charge in [0.15, 0.2) is 5.69 Å². The molecule has 0 N–H and O–H groups in total. The van der Waals surface area contributed by atoms with Crippen LogP contribution >= 0.6 is 0 Å². The predicted octanol–water partition coefficient (Wildman–Crippen LogP) is 1.82. The number of imidazole rings is 1. The maximum Gasteiger partial charge on any atom is 0.434 e. The number of hydrogen-bond donors (Lipinski definition) is 0. The number of nitrogens with zero attached hydrogens (tertiary/aromatic N) is 3. The third kappa shape index (κ3) is 4.01. The van der Waals surface area contributed by atoms with Crippen molar-refractivity contribution in [2.24, 2.45) is 0 Å². The van der Waals surface area contributed by atoms with Gasteiger partial charge in [0.2, 0.25) is 0 Å². The van der Waals surface area contributed by atoms with Crippen molar-refractivity contribution in [3.05, 3.63) is 24.4 Å². The molecule has 0 amide bonds. The zero-order valence-electron chi connectivity index (χ0n) is 10.7. The summed E-state index contributed by atoms with van der Waals surface area (Å²) < 4.78 is 43.1. The minimum absolute atomic E-state index is 0.0464. The fourth-order valence-electron chi connectivity index (χ4n) is 1.28. The summed E-state index contributed by atoms with van der Waals surface area (Å²) in [7, 11) is 3.28. The standard InChI is InChI=1S/C11H14F3N3O2/c1-4-19-10(18)8(5-16(2)3)17-6-9(15-7-17)11(12,13)14/h5-7H,4H2,1-3H3/b8-5-. The van der Waals surface area contributed by atoms with Crippen molar-refractivity contribution in [3.8, 4) is 0 Å². The lowest BCUT2D eigenvalue weighted by Gasteiger charge is -2.11. The van der Waals surface area contributed by atoms with Gasteiger partial charge in [0.25, 0.3) is 0 Å². The SMILES string of the molecule is CCOC(=O)/C(=C/N(C)C)n1cnc(C(F)(F)F)c1. The summed E-state index contributed by atoms with van der Waals surface area (Å²) in [6.45, 7) is 1.74. The quantitative estimate of drug-likeness (QED) is 0.622. The molecule has 0 aliphatic carbocycles. The van der Waals surface area contributed by atoms with Crippen molar-refractivity contribution in [1.82, 2.24) is 14.5 Å². The van der Waals surface area contributed by atoms with Crippen LogP contribution in [0.3, 0.4) is 0 Å². The third-order valence-corrected chi connectivity index (χ3v) is 2.02. The van der Waals surface area contributed by atoms with Crippen molar-refractivity contribution in [3.63, 3.8) is 0 Å². The average molecular weight is 277 g/mol. The lowest BCUT2D eigenvalue weighted by Crippen LogP contribution is -2.15. The number of rotatable bonds is 4. The maximum atomic E-state index is 12.5. The monoisotopic (exact) mass is 277 g/mol. The third-order valence-electron chi connectivity index (χ3n) is 2.02. The molecule has 106 valence electrons. The van der Waals surface area contributed by atoms with Crippen LogP contribution in [0.5, 0.6) is 0 Å². The zero-order chi connectivity index (χ0) is 14.6. The Morgan fingerprint density at radius 3 is 2.58 bits per heavy atom. The molecular weight excluding hydrogens is 263 g/mol. The number of alkyl halides is 3. The van der Waals surface area contributed by atoms with Crippen LogP contribution in [0.1, 0.15) is 12.6 Å². The molecule has 0 aromatic carbocycles. The van der Waals surface area contributed by atoms with Crippen molar-refractivity contribution < 1.29 is 22.7 Å². The molecule has 8 heteroatoms. The molecule has 1 aromatic heterocycles. The number of aromatic nitrogens is 2. The van der Waals surface area contributed by atoms with Crippen LogP contribution < -0.4 is 0 Å². The smallest absolute Gasteiger partial charge is 0.434 e. The number of carbonyl (C=O) groups is 1. The lowest BCUT2D eigenvalue weighted by molar-refractivity contribution is -0.141. The van der Waals surface area contributed by atoms with Gasteiger partial charge in [-0.25, -0.2) is 9.78 Å². The van der Waals surface area contributed by atoms with Gasteiger partial charge in [-0.3, -0.25) is 4.57 Å². The van der Waals surface area contributed by atoms with E-state index in [4.69, 9.17) is 4.74 Å². The van der Waals surface area contributed by atoms with Gasteiger partial charge in [0.1, 0.15) is 12.0 Å². The van der Waals surface area contributed by atoms with E-state index in [9.17, 15) is 18.0 Å². The highest BCUT2D eigenvalue weighted by atomic mass is 19.4. The van der Waals surface area contributed by atoms with E-state index in [-0.39, 0.29) is 12.3 Å². The Bertz CT molecular complexity index is 478. The van der Waals surface area contributed by atoms with Gasteiger partial charge in [-0.1, -0.05) is 0 Å². The molecule has 19 heavy (non-hydrogen) atoms. The van der Waals surface area contributed by atoms with Crippen LogP contribution in [-0.2, 0) is 15.7 Å². The number of esters is 1. The van der Waals surface area contributed by atoms with Crippen molar-refractivity contribution in [2.75, 3.05) is 20.7 Å². The summed E-state index contributed by atoms with van der Waals surface area (Å²) in [6, 6.07) is 0. The molecule has 0 saturated carbocycles. The first-order valence-corrected chi connectivity index (χ1v) is 5.42. The van der Waals surface area contributed by atoms with E-state index in [1.54, 1.807) is 21.0 Å². The van der Waals surface area contributed by atoms with Crippen LogP contribution in [0.25, 0.3) is 5.70 Å². The Kier molecular flexibility index (Phi) is 4.57. The minimum Gasteiger partial charge on any atom is -0.461 e. The number of hydrogen-bond acceptors (Lipinski definition) is 4. The number of ether oxygens (including phenoxy) is 1. The molecule has 0 aliphatic rings. The summed E-state index contributed by atoms with van der Waals surface area (Å²) in [4.78, 5) is 16.4. The molecule has 0 bridgehead atoms. The summed E-state index contributed by atoms with van der Waals surface area (Å²) >= 11 is 0. The molecule has 1 aromatic rings. The van der Waals surface area contributed by atoms with Crippen LogP contribution in [0.4, 0.5) is 13.2 Å². The van der Waals surface area contributed by atoms with E-state index in [0.717, 1.165) is 17.1 Å². The first-order chi connectivity index (χ1) is 8.75. The molecule has 0 radical (unpaired) electrons. The van der Waals surface area contributed by atoms with E-state index in [1.165, 1.54) is 11.1 Å². The van der Waals surface area contributed by atoms with E-state index < -0.39 is 17.8 Å². The average Bonchev–Trinajstić information content (AvgIpc) is 2.74. The van der Waals surface area contributed by atoms with Crippen LogP contribution in [-0.4, -0.2) is 41.1 Å². The molecule has 0 aliphatic heterocycles. The molecule has 0 spiro atoms. The second-order valence-corrected chi connectivity index (χ2v) is 3.86. The Hall–Kier alpha value is -1.99. The summed E-state index contributed by atoms with van der Waals surface area (Å²) in [5, 5.41) is 0. The van der Waals surface area contributed by atoms with Gasteiger partial charge in [-0.05, 0) is 6.92 Å². The van der Waals surface area contributed by atoms with E-state index in [1.807, 2.05) is 0 Å². The number of carbonyl (C=O) groups excluding carboxylic acids is 1. The predicted molar refractivity (Wildman–Crippen MR) is 61.8 cm³/mol. The Morgan fingerprint density at radius 1 is 1.53 bits per heavy atom. The lowest BCUT2D eigenvalue weighted by atomic mass is 10.4. The number of halogens is 3. The largest absolute Gasteiger partial charge is 0.461 e. The van der Waals surface area contributed by atoms with E-state index >= 15 is 0 Å². The molecule has 0 saturated heterocycles. The molecule has 1 rings (SSSR count). The van der Waals surface area contributed by atoms with Crippen molar-refractivity contribution in [2.45, 2.75) is 13.1 Å². The van der Waals surface area contributed by atoms with E-state index in [0.29, 0.717) is 0 Å². The van der Waals surface area contributed by atoms with Crippen LogP contribution in [0, 0.1) is 0 Å². The first kappa shape index (κ1) is 15.1. The van der Waals surface area contributed by atoms with Gasteiger partial charge >= 0.3 is 12.1 Å². The highest BCUT2D eigenvalue weighted by Gasteiger charge is 2.34. The highest BCUT2D eigenvalue weighted by Crippen LogP contribution is 2.28. The van der Waals surface area contributed by atoms with Gasteiger partial charge in [0, 0.05) is 26.5 Å². The summed E-state index contributed by atoms with van der Waals surface area (Å²) in [5.74, 6) is -0.720. The highest BCUT2D eigenvalue weighted by molar-refractivity contribution is 6.09. The van der Waals surface area contributed by atoms with Crippen molar-refractivity contribution >= 4 is 11.7 Å². The molecule has 0 fully saturated rings. The molecular formula is C11H14F3N3O2. The maximum absolute atomic E-state index is 12.5. The van der Waals surface area contributed by atoms with Crippen LogP contribution in [0.15, 0.2) is 18.7 Å². The van der Waals surface area contributed by atoms with Gasteiger partial charge in [-0.2, -0.15) is 13.2 Å². The topological polar surface area (TPSA) is 47.4 Å². The molecule has 1 heterocycles.